The second-order valence-electron chi connectivity index (χ2n) is 10.3. The van der Waals surface area contributed by atoms with Crippen LogP contribution in [-0.2, 0) is 16.8 Å². The van der Waals surface area contributed by atoms with Gasteiger partial charge in [0, 0.05) is 34.7 Å². The highest BCUT2D eigenvalue weighted by Crippen LogP contribution is 2.34. The molecule has 1 unspecified atom stereocenters. The standard InChI is InChI=1S/C28H28ClF2N7O2S/c1-28(2,24-16-41-25(34-24)22-12-18(30)7-10-23(22)31)26(39)37-11-3-4-21(15-37)38-14-20(35-36-38)13-32-27(40)33-19-8-5-17(29)6-9-19/h5-10,12,14,16,21H,3-4,11,13,15H2,1-2H3,(H2,32,33,40). The van der Waals surface area contributed by atoms with E-state index in [1.165, 1.54) is 11.3 Å². The Hall–Kier alpha value is -3.90. The summed E-state index contributed by atoms with van der Waals surface area (Å²) in [6.45, 7) is 4.77. The zero-order valence-corrected chi connectivity index (χ0v) is 24.0. The lowest BCUT2D eigenvalue weighted by molar-refractivity contribution is -0.138. The van der Waals surface area contributed by atoms with Crippen LogP contribution < -0.4 is 10.6 Å². The quantitative estimate of drug-likeness (QED) is 0.279. The number of hydrogen-bond donors (Lipinski definition) is 2. The van der Waals surface area contributed by atoms with Crippen molar-refractivity contribution in [2.45, 2.75) is 44.7 Å². The molecule has 0 bridgehead atoms. The maximum Gasteiger partial charge on any atom is 0.319 e. The molecule has 0 aliphatic carbocycles. The van der Waals surface area contributed by atoms with Gasteiger partial charge >= 0.3 is 6.03 Å². The lowest BCUT2D eigenvalue weighted by atomic mass is 9.87. The molecule has 9 nitrogen and oxygen atoms in total. The normalized spacial score (nSPS) is 15.5. The molecule has 1 aliphatic heterocycles. The predicted octanol–water partition coefficient (Wildman–Crippen LogP) is 5.80. The van der Waals surface area contributed by atoms with Crippen LogP contribution in [0.25, 0.3) is 10.6 Å². The van der Waals surface area contributed by atoms with Crippen LogP contribution in [0.1, 0.15) is 44.1 Å². The molecule has 1 atom stereocenters. The van der Waals surface area contributed by atoms with Crippen LogP contribution >= 0.6 is 22.9 Å². The van der Waals surface area contributed by atoms with Crippen molar-refractivity contribution < 1.29 is 18.4 Å². The number of aromatic nitrogens is 4. The van der Waals surface area contributed by atoms with E-state index in [1.807, 2.05) is 0 Å². The van der Waals surface area contributed by atoms with E-state index >= 15 is 0 Å². The first kappa shape index (κ1) is 28.6. The molecule has 13 heteroatoms. The van der Waals surface area contributed by atoms with Gasteiger partial charge in [-0.15, -0.1) is 16.4 Å². The smallest absolute Gasteiger partial charge is 0.319 e. The van der Waals surface area contributed by atoms with E-state index in [1.54, 1.807) is 59.3 Å². The summed E-state index contributed by atoms with van der Waals surface area (Å²) in [5.41, 5.74) is 0.788. The number of nitrogens with one attached hydrogen (secondary N) is 2. The maximum atomic E-state index is 14.3. The predicted molar refractivity (Wildman–Crippen MR) is 153 cm³/mol. The zero-order chi connectivity index (χ0) is 29.1. The van der Waals surface area contributed by atoms with Gasteiger partial charge in [-0.3, -0.25) is 4.79 Å². The van der Waals surface area contributed by atoms with E-state index in [0.29, 0.717) is 40.2 Å². The molecular weight excluding hydrogens is 572 g/mol. The molecule has 1 fully saturated rings. The average molecular weight is 600 g/mol. The number of halogens is 3. The number of rotatable bonds is 7. The molecule has 41 heavy (non-hydrogen) atoms. The molecular formula is C28H28ClF2N7O2S. The van der Waals surface area contributed by atoms with E-state index in [0.717, 1.165) is 31.0 Å². The van der Waals surface area contributed by atoms with Crippen LogP contribution in [0, 0.1) is 11.6 Å². The number of anilines is 1. The van der Waals surface area contributed by atoms with Crippen LogP contribution in [0.3, 0.4) is 0 Å². The van der Waals surface area contributed by atoms with Crippen LogP contribution in [0.5, 0.6) is 0 Å². The van der Waals surface area contributed by atoms with Gasteiger partial charge in [-0.2, -0.15) is 0 Å². The van der Waals surface area contributed by atoms with Crippen LogP contribution in [0.2, 0.25) is 5.02 Å². The summed E-state index contributed by atoms with van der Waals surface area (Å²) >= 11 is 7.04. The molecule has 3 heterocycles. The molecule has 1 aliphatic rings. The van der Waals surface area contributed by atoms with Crippen molar-refractivity contribution in [3.05, 3.63) is 82.1 Å². The van der Waals surface area contributed by atoms with Gasteiger partial charge in [-0.05, 0) is 69.2 Å². The van der Waals surface area contributed by atoms with Gasteiger partial charge in [0.1, 0.15) is 22.3 Å². The molecule has 2 aromatic heterocycles. The number of urea groups is 1. The monoisotopic (exact) mass is 599 g/mol. The third-order valence-corrected chi connectivity index (χ3v) is 8.11. The fourth-order valence-electron chi connectivity index (χ4n) is 4.66. The summed E-state index contributed by atoms with van der Waals surface area (Å²) in [7, 11) is 0. The first-order valence-corrected chi connectivity index (χ1v) is 14.3. The number of carbonyl (C=O) groups excluding carboxylic acids is 2. The lowest BCUT2D eigenvalue weighted by Crippen LogP contribution is -2.48. The molecule has 214 valence electrons. The van der Waals surface area contributed by atoms with Gasteiger partial charge in [0.2, 0.25) is 5.91 Å². The maximum absolute atomic E-state index is 14.3. The van der Waals surface area contributed by atoms with E-state index in [-0.39, 0.29) is 30.1 Å². The van der Waals surface area contributed by atoms with Crippen molar-refractivity contribution in [1.82, 2.24) is 30.2 Å². The first-order chi connectivity index (χ1) is 19.6. The zero-order valence-electron chi connectivity index (χ0n) is 22.4. The van der Waals surface area contributed by atoms with E-state index in [2.05, 4.69) is 25.9 Å². The molecule has 0 spiro atoms. The van der Waals surface area contributed by atoms with Gasteiger partial charge in [-0.25, -0.2) is 23.2 Å². The van der Waals surface area contributed by atoms with Gasteiger partial charge in [0.25, 0.3) is 0 Å². The van der Waals surface area contributed by atoms with Gasteiger partial charge in [0.05, 0.1) is 29.9 Å². The Morgan fingerprint density at radius 3 is 2.73 bits per heavy atom. The summed E-state index contributed by atoms with van der Waals surface area (Å²) in [6, 6.07) is 9.54. The van der Waals surface area contributed by atoms with Gasteiger partial charge in [-0.1, -0.05) is 16.8 Å². The SMILES string of the molecule is CC(C)(C(=O)N1CCCC(n2cc(CNC(=O)Nc3ccc(Cl)cc3)nn2)C1)c1csc(-c2cc(F)ccc2F)n1. The summed E-state index contributed by atoms with van der Waals surface area (Å²) in [6.07, 6.45) is 3.37. The Morgan fingerprint density at radius 1 is 1.17 bits per heavy atom. The topological polar surface area (TPSA) is 105 Å². The number of piperidine rings is 1. The first-order valence-electron chi connectivity index (χ1n) is 13.0. The summed E-state index contributed by atoms with van der Waals surface area (Å²) in [5, 5.41) is 16.5. The number of nitrogens with zero attached hydrogens (tertiary/aromatic N) is 5. The molecule has 2 aromatic carbocycles. The van der Waals surface area contributed by atoms with Crippen LogP contribution in [-0.4, -0.2) is 49.9 Å². The molecule has 3 amide bonds. The van der Waals surface area contributed by atoms with Crippen molar-refractivity contribution in [2.75, 3.05) is 18.4 Å². The van der Waals surface area contributed by atoms with Crippen molar-refractivity contribution in [3.63, 3.8) is 0 Å². The van der Waals surface area contributed by atoms with E-state index < -0.39 is 17.0 Å². The Morgan fingerprint density at radius 2 is 1.95 bits per heavy atom. The Bertz CT molecular complexity index is 1560. The molecule has 0 saturated carbocycles. The summed E-state index contributed by atoms with van der Waals surface area (Å²) in [5.74, 6) is -1.24. The van der Waals surface area contributed by atoms with E-state index in [4.69, 9.17) is 11.6 Å². The number of amides is 3. The number of carbonyl (C=O) groups is 2. The average Bonchev–Trinajstić information content (AvgIpc) is 3.65. The fourth-order valence-corrected chi connectivity index (χ4v) is 5.79. The lowest BCUT2D eigenvalue weighted by Gasteiger charge is -2.37. The van der Waals surface area contributed by atoms with E-state index in [9.17, 15) is 18.4 Å². The van der Waals surface area contributed by atoms with Crippen LogP contribution in [0.4, 0.5) is 19.3 Å². The Labute approximate surface area is 244 Å². The highest BCUT2D eigenvalue weighted by molar-refractivity contribution is 7.13. The molecule has 0 radical (unpaired) electrons. The largest absolute Gasteiger partial charge is 0.340 e. The van der Waals surface area contributed by atoms with Crippen molar-refractivity contribution in [1.29, 1.82) is 0 Å². The Balaban J connectivity index is 1.20. The minimum absolute atomic E-state index is 0.0708. The van der Waals surface area contributed by atoms with Crippen molar-refractivity contribution in [2.24, 2.45) is 0 Å². The third kappa shape index (κ3) is 6.54. The number of benzene rings is 2. The summed E-state index contributed by atoms with van der Waals surface area (Å²) in [4.78, 5) is 32.2. The van der Waals surface area contributed by atoms with Crippen molar-refractivity contribution in [3.8, 4) is 10.6 Å². The third-order valence-electron chi connectivity index (χ3n) is 6.99. The highest BCUT2D eigenvalue weighted by Gasteiger charge is 2.38. The number of thiazole rings is 1. The Kier molecular flexibility index (Phi) is 8.32. The van der Waals surface area contributed by atoms with Crippen molar-refractivity contribution >= 4 is 40.6 Å². The minimum atomic E-state index is -0.977. The van der Waals surface area contributed by atoms with Gasteiger partial charge < -0.3 is 15.5 Å². The highest BCUT2D eigenvalue weighted by atomic mass is 35.5. The molecule has 2 N–H and O–H groups in total. The number of hydrogen-bond acceptors (Lipinski definition) is 6. The molecule has 1 saturated heterocycles. The molecule has 5 rings (SSSR count). The fraction of sp³-hybridized carbons (Fsp3) is 0.321. The minimum Gasteiger partial charge on any atom is -0.340 e. The van der Waals surface area contributed by atoms with Gasteiger partial charge in [0.15, 0.2) is 0 Å². The molecule has 4 aromatic rings. The summed E-state index contributed by atoms with van der Waals surface area (Å²) < 4.78 is 29.7. The van der Waals surface area contributed by atoms with Crippen LogP contribution in [0.15, 0.2) is 54.0 Å². The second kappa shape index (κ2) is 11.9. The number of likely N-dealkylation sites (tertiary alicyclic amines) is 1. The second-order valence-corrected chi connectivity index (χ2v) is 11.6.